The largest absolute Gasteiger partial charge is 0.294 e. The fourth-order valence-corrected chi connectivity index (χ4v) is 1.23. The van der Waals surface area contributed by atoms with Crippen molar-refractivity contribution in [3.05, 3.63) is 0 Å². The molecule has 4 nitrogen and oxygen atoms in total. The van der Waals surface area contributed by atoms with Gasteiger partial charge in [-0.2, -0.15) is 0 Å². The van der Waals surface area contributed by atoms with E-state index in [1.807, 2.05) is 5.32 Å². The molecule has 0 bridgehead atoms. The van der Waals surface area contributed by atoms with Crippen molar-refractivity contribution in [2.45, 2.75) is 5.25 Å². The van der Waals surface area contributed by atoms with Crippen LogP contribution < -0.4 is 5.32 Å². The van der Waals surface area contributed by atoms with Crippen LogP contribution >= 0.6 is 11.8 Å². The summed E-state index contributed by atoms with van der Waals surface area (Å²) in [5.74, 6) is -0.746. The van der Waals surface area contributed by atoms with E-state index in [0.717, 1.165) is 11.8 Å². The predicted molar refractivity (Wildman–Crippen MR) is 35.1 cm³/mol. The summed E-state index contributed by atoms with van der Waals surface area (Å²) in [5, 5.41) is 1.20. The lowest BCUT2D eigenvalue weighted by molar-refractivity contribution is -0.128. The van der Waals surface area contributed by atoms with E-state index < -0.39 is 11.2 Å². The number of hydrogen-bond donors (Lipinski definition) is 1. The van der Waals surface area contributed by atoms with Crippen molar-refractivity contribution in [3.8, 4) is 0 Å². The van der Waals surface area contributed by atoms with Gasteiger partial charge in [0.15, 0.2) is 5.25 Å². The SMILES string of the molecule is O=[C]C1SCC(=O)NC1=O. The van der Waals surface area contributed by atoms with Crippen LogP contribution in [-0.4, -0.2) is 29.1 Å². The van der Waals surface area contributed by atoms with Gasteiger partial charge in [0.05, 0.1) is 5.75 Å². The van der Waals surface area contributed by atoms with E-state index in [4.69, 9.17) is 0 Å². The van der Waals surface area contributed by atoms with Gasteiger partial charge in [0.1, 0.15) is 0 Å². The highest BCUT2D eigenvalue weighted by Gasteiger charge is 2.26. The fourth-order valence-electron chi connectivity index (χ4n) is 0.561. The van der Waals surface area contributed by atoms with Gasteiger partial charge < -0.3 is 0 Å². The van der Waals surface area contributed by atoms with Crippen molar-refractivity contribution in [3.63, 3.8) is 0 Å². The Morgan fingerprint density at radius 2 is 2.30 bits per heavy atom. The summed E-state index contributed by atoms with van der Waals surface area (Å²) in [5.41, 5.74) is 0. The first-order chi connectivity index (χ1) is 4.74. The number of rotatable bonds is 1. The maximum absolute atomic E-state index is 10.6. The molecule has 5 heteroatoms. The van der Waals surface area contributed by atoms with E-state index in [-0.39, 0.29) is 11.7 Å². The van der Waals surface area contributed by atoms with Gasteiger partial charge in [-0.15, -0.1) is 11.8 Å². The Labute approximate surface area is 61.4 Å². The second-order valence-corrected chi connectivity index (χ2v) is 2.81. The summed E-state index contributed by atoms with van der Waals surface area (Å²) in [7, 11) is 0. The molecule has 1 unspecified atom stereocenters. The number of carbonyl (C=O) groups is 2. The van der Waals surface area contributed by atoms with Gasteiger partial charge in [-0.25, -0.2) is 0 Å². The number of carbonyl (C=O) groups excluding carboxylic acids is 3. The Balaban J connectivity index is 2.59. The quantitative estimate of drug-likeness (QED) is 0.387. The highest BCUT2D eigenvalue weighted by Crippen LogP contribution is 2.12. The third-order valence-electron chi connectivity index (χ3n) is 0.989. The molecule has 1 heterocycles. The van der Waals surface area contributed by atoms with Gasteiger partial charge in [-0.3, -0.25) is 19.7 Å². The summed E-state index contributed by atoms with van der Waals surface area (Å²) in [6, 6.07) is 0. The van der Waals surface area contributed by atoms with Gasteiger partial charge in [0.25, 0.3) is 0 Å². The lowest BCUT2D eigenvalue weighted by atomic mass is 10.4. The van der Waals surface area contributed by atoms with E-state index in [0.29, 0.717) is 0 Å². The van der Waals surface area contributed by atoms with E-state index in [9.17, 15) is 14.4 Å². The number of amides is 2. The summed E-state index contributed by atoms with van der Waals surface area (Å²) in [6.07, 6.45) is 1.52. The molecule has 53 valence electrons. The highest BCUT2D eigenvalue weighted by atomic mass is 32.2. The van der Waals surface area contributed by atoms with Crippen LogP contribution in [0.4, 0.5) is 0 Å². The Kier molecular flexibility index (Phi) is 2.06. The number of hydrogen-bond acceptors (Lipinski definition) is 4. The van der Waals surface area contributed by atoms with E-state index in [2.05, 4.69) is 0 Å². The lowest BCUT2D eigenvalue weighted by Gasteiger charge is -2.13. The van der Waals surface area contributed by atoms with Crippen LogP contribution in [0.1, 0.15) is 0 Å². The first-order valence-corrected chi connectivity index (χ1v) is 3.62. The van der Waals surface area contributed by atoms with Crippen molar-refractivity contribution < 1.29 is 14.4 Å². The molecule has 0 aromatic rings. The maximum atomic E-state index is 10.6. The molecule has 0 spiro atoms. The van der Waals surface area contributed by atoms with Crippen molar-refractivity contribution in [1.82, 2.24) is 5.32 Å². The lowest BCUT2D eigenvalue weighted by Crippen LogP contribution is -2.44. The zero-order chi connectivity index (χ0) is 7.56. The molecule has 1 atom stereocenters. The smallest absolute Gasteiger partial charge is 0.247 e. The summed E-state index contributed by atoms with van der Waals surface area (Å²) in [6.45, 7) is 0. The van der Waals surface area contributed by atoms with Gasteiger partial charge >= 0.3 is 0 Å². The van der Waals surface area contributed by atoms with Crippen LogP contribution in [0.2, 0.25) is 0 Å². The zero-order valence-corrected chi connectivity index (χ0v) is 5.73. The molecule has 1 N–H and O–H groups in total. The van der Waals surface area contributed by atoms with Crippen molar-refractivity contribution in [1.29, 1.82) is 0 Å². The third-order valence-corrected chi connectivity index (χ3v) is 2.06. The molecular formula is C5H4NO3S. The molecule has 2 amide bonds. The molecule has 1 aliphatic rings. The van der Waals surface area contributed by atoms with Crippen LogP contribution in [0.15, 0.2) is 0 Å². The van der Waals surface area contributed by atoms with Gasteiger partial charge in [-0.05, 0) is 0 Å². The van der Waals surface area contributed by atoms with E-state index in [1.165, 1.54) is 6.29 Å². The first-order valence-electron chi connectivity index (χ1n) is 2.57. The second kappa shape index (κ2) is 2.83. The van der Waals surface area contributed by atoms with Crippen LogP contribution in [0.3, 0.4) is 0 Å². The molecule has 0 saturated carbocycles. The van der Waals surface area contributed by atoms with Crippen LogP contribution in [0.25, 0.3) is 0 Å². The Bertz CT molecular complexity index is 191. The fraction of sp³-hybridized carbons (Fsp3) is 0.400. The molecule has 1 saturated heterocycles. The number of imide groups is 1. The molecule has 1 fully saturated rings. The van der Waals surface area contributed by atoms with E-state index >= 15 is 0 Å². The minimum atomic E-state index is -0.822. The molecular weight excluding hydrogens is 154 g/mol. The van der Waals surface area contributed by atoms with E-state index in [1.54, 1.807) is 0 Å². The minimum Gasteiger partial charge on any atom is -0.294 e. The van der Waals surface area contributed by atoms with Crippen LogP contribution in [0, 0.1) is 0 Å². The molecule has 1 rings (SSSR count). The summed E-state index contributed by atoms with van der Waals surface area (Å²) in [4.78, 5) is 31.0. The molecule has 1 radical (unpaired) electrons. The zero-order valence-electron chi connectivity index (χ0n) is 4.92. The molecule has 0 aromatic heterocycles. The predicted octanol–water partition coefficient (Wildman–Crippen LogP) is -1.15. The normalized spacial score (nSPS) is 25.8. The second-order valence-electron chi connectivity index (χ2n) is 1.72. The maximum Gasteiger partial charge on any atom is 0.247 e. The Morgan fingerprint density at radius 3 is 2.80 bits per heavy atom. The van der Waals surface area contributed by atoms with Gasteiger partial charge in [0, 0.05) is 0 Å². The van der Waals surface area contributed by atoms with Crippen molar-refractivity contribution in [2.75, 3.05) is 5.75 Å². The molecule has 1 aliphatic heterocycles. The number of nitrogens with one attached hydrogen (secondary N) is 1. The Hall–Kier alpha value is -0.840. The number of thioether (sulfide) groups is 1. The standard InChI is InChI=1S/C5H4NO3S/c7-1-3-5(9)6-4(8)2-10-3/h3H,2H2,(H,6,8,9). The van der Waals surface area contributed by atoms with Crippen molar-refractivity contribution >= 4 is 29.9 Å². The molecule has 0 aromatic carbocycles. The van der Waals surface area contributed by atoms with Gasteiger partial charge in [0.2, 0.25) is 18.1 Å². The average Bonchev–Trinajstić information content (AvgIpc) is 1.88. The van der Waals surface area contributed by atoms with Crippen LogP contribution in [0.5, 0.6) is 0 Å². The molecule has 0 aliphatic carbocycles. The highest BCUT2D eigenvalue weighted by molar-refractivity contribution is 8.02. The topological polar surface area (TPSA) is 63.2 Å². The summed E-state index contributed by atoms with van der Waals surface area (Å²) >= 11 is 0.994. The van der Waals surface area contributed by atoms with Crippen molar-refractivity contribution in [2.24, 2.45) is 0 Å². The Morgan fingerprint density at radius 1 is 1.60 bits per heavy atom. The third kappa shape index (κ3) is 1.36. The monoisotopic (exact) mass is 158 g/mol. The van der Waals surface area contributed by atoms with Gasteiger partial charge in [-0.1, -0.05) is 0 Å². The van der Waals surface area contributed by atoms with Crippen LogP contribution in [-0.2, 0) is 14.4 Å². The summed E-state index contributed by atoms with van der Waals surface area (Å²) < 4.78 is 0. The minimum absolute atomic E-state index is 0.158. The average molecular weight is 158 g/mol. The molecule has 10 heavy (non-hydrogen) atoms. The first kappa shape index (κ1) is 7.27.